The molecular formula is C12H12ClNO2S2. The van der Waals surface area contributed by atoms with Crippen molar-refractivity contribution in [3.05, 3.63) is 51.2 Å². The molecule has 0 radical (unpaired) electrons. The molecule has 0 aliphatic heterocycles. The van der Waals surface area contributed by atoms with E-state index in [1.54, 1.807) is 24.3 Å². The summed E-state index contributed by atoms with van der Waals surface area (Å²) in [5.74, 6) is 0. The van der Waals surface area contributed by atoms with E-state index in [0.29, 0.717) is 4.34 Å². The first-order valence-corrected chi connectivity index (χ1v) is 8.27. The van der Waals surface area contributed by atoms with Gasteiger partial charge in [0.15, 0.2) is 9.84 Å². The molecule has 1 aromatic carbocycles. The van der Waals surface area contributed by atoms with Crippen LogP contribution >= 0.6 is 22.9 Å². The van der Waals surface area contributed by atoms with Gasteiger partial charge in [0.2, 0.25) is 0 Å². The molecular weight excluding hydrogens is 290 g/mol. The lowest BCUT2D eigenvalue weighted by molar-refractivity contribution is 0.601. The summed E-state index contributed by atoms with van der Waals surface area (Å²) in [5, 5.41) is 0. The summed E-state index contributed by atoms with van der Waals surface area (Å²) >= 11 is 7.26. The number of hydrogen-bond donors (Lipinski definition) is 1. The Morgan fingerprint density at radius 3 is 2.56 bits per heavy atom. The lowest BCUT2D eigenvalue weighted by atomic mass is 10.1. The molecule has 0 fully saturated rings. The van der Waals surface area contributed by atoms with Crippen molar-refractivity contribution in [3.63, 3.8) is 0 Å². The SMILES string of the molecule is CS(=O)(=O)c1cccc(C(N)c2ccc(Cl)s2)c1. The second-order valence-corrected chi connectivity index (χ2v) is 7.73. The molecule has 1 aromatic heterocycles. The first-order valence-electron chi connectivity index (χ1n) is 5.19. The monoisotopic (exact) mass is 301 g/mol. The molecule has 2 N–H and O–H groups in total. The van der Waals surface area contributed by atoms with Gasteiger partial charge in [-0.05, 0) is 29.8 Å². The van der Waals surface area contributed by atoms with Crippen molar-refractivity contribution in [2.45, 2.75) is 10.9 Å². The van der Waals surface area contributed by atoms with Gasteiger partial charge in [0, 0.05) is 11.1 Å². The summed E-state index contributed by atoms with van der Waals surface area (Å²) in [7, 11) is -3.21. The number of benzene rings is 1. The lowest BCUT2D eigenvalue weighted by Gasteiger charge is -2.11. The van der Waals surface area contributed by atoms with Crippen molar-refractivity contribution in [2.75, 3.05) is 6.26 Å². The second-order valence-electron chi connectivity index (χ2n) is 3.96. The highest BCUT2D eigenvalue weighted by Gasteiger charge is 2.14. The van der Waals surface area contributed by atoms with Gasteiger partial charge in [-0.3, -0.25) is 0 Å². The third kappa shape index (κ3) is 2.92. The van der Waals surface area contributed by atoms with Crippen molar-refractivity contribution in [2.24, 2.45) is 5.73 Å². The van der Waals surface area contributed by atoms with Crippen LogP contribution in [0.5, 0.6) is 0 Å². The fourth-order valence-electron chi connectivity index (χ4n) is 1.60. The lowest BCUT2D eigenvalue weighted by Crippen LogP contribution is -2.11. The highest BCUT2D eigenvalue weighted by molar-refractivity contribution is 7.90. The molecule has 6 heteroatoms. The van der Waals surface area contributed by atoms with E-state index in [1.165, 1.54) is 17.6 Å². The summed E-state index contributed by atoms with van der Waals surface area (Å²) in [4.78, 5) is 1.18. The molecule has 96 valence electrons. The van der Waals surface area contributed by atoms with Crippen LogP contribution in [0, 0.1) is 0 Å². The van der Waals surface area contributed by atoms with E-state index in [-0.39, 0.29) is 10.9 Å². The number of sulfone groups is 1. The molecule has 1 unspecified atom stereocenters. The molecule has 0 bridgehead atoms. The molecule has 1 atom stereocenters. The zero-order chi connectivity index (χ0) is 13.3. The Morgan fingerprint density at radius 1 is 1.28 bits per heavy atom. The zero-order valence-electron chi connectivity index (χ0n) is 9.63. The molecule has 0 saturated heterocycles. The summed E-state index contributed by atoms with van der Waals surface area (Å²) in [6.07, 6.45) is 1.18. The standard InChI is InChI=1S/C12H12ClNO2S2/c1-18(15,16)9-4-2-3-8(7-9)12(14)10-5-6-11(13)17-10/h2-7,12H,14H2,1H3. The van der Waals surface area contributed by atoms with Crippen LogP contribution in [0.15, 0.2) is 41.3 Å². The Bertz CT molecular complexity index is 664. The van der Waals surface area contributed by atoms with Crippen molar-refractivity contribution in [3.8, 4) is 0 Å². The fraction of sp³-hybridized carbons (Fsp3) is 0.167. The minimum Gasteiger partial charge on any atom is -0.320 e. The molecule has 0 spiro atoms. The van der Waals surface area contributed by atoms with Gasteiger partial charge in [-0.15, -0.1) is 11.3 Å². The number of rotatable bonds is 3. The number of nitrogens with two attached hydrogens (primary N) is 1. The maximum atomic E-state index is 11.5. The summed E-state index contributed by atoms with van der Waals surface area (Å²) in [6, 6.07) is 9.95. The first kappa shape index (κ1) is 13.5. The predicted octanol–water partition coefficient (Wildman–Crippen LogP) is 2.85. The van der Waals surface area contributed by atoms with Crippen LogP contribution in [-0.4, -0.2) is 14.7 Å². The summed E-state index contributed by atoms with van der Waals surface area (Å²) in [5.41, 5.74) is 6.86. The van der Waals surface area contributed by atoms with Gasteiger partial charge < -0.3 is 5.73 Å². The normalized spacial score (nSPS) is 13.5. The fourth-order valence-corrected chi connectivity index (χ4v) is 3.36. The van der Waals surface area contributed by atoms with Crippen molar-refractivity contribution < 1.29 is 8.42 Å². The van der Waals surface area contributed by atoms with E-state index in [4.69, 9.17) is 17.3 Å². The van der Waals surface area contributed by atoms with Gasteiger partial charge >= 0.3 is 0 Å². The zero-order valence-corrected chi connectivity index (χ0v) is 12.0. The van der Waals surface area contributed by atoms with Crippen LogP contribution < -0.4 is 5.73 Å². The van der Waals surface area contributed by atoms with Crippen LogP contribution in [0.25, 0.3) is 0 Å². The molecule has 0 aliphatic rings. The van der Waals surface area contributed by atoms with Gasteiger partial charge in [0.1, 0.15) is 0 Å². The molecule has 18 heavy (non-hydrogen) atoms. The largest absolute Gasteiger partial charge is 0.320 e. The Hall–Kier alpha value is -0.880. The van der Waals surface area contributed by atoms with Crippen LogP contribution in [0.4, 0.5) is 0 Å². The second kappa shape index (κ2) is 5.01. The van der Waals surface area contributed by atoms with E-state index < -0.39 is 9.84 Å². The number of halogens is 1. The molecule has 0 saturated carbocycles. The van der Waals surface area contributed by atoms with E-state index in [2.05, 4.69) is 0 Å². The molecule has 2 aromatic rings. The van der Waals surface area contributed by atoms with Crippen LogP contribution in [0.1, 0.15) is 16.5 Å². The van der Waals surface area contributed by atoms with E-state index in [1.807, 2.05) is 12.1 Å². The van der Waals surface area contributed by atoms with Crippen molar-refractivity contribution >= 4 is 32.8 Å². The molecule has 3 nitrogen and oxygen atoms in total. The molecule has 2 rings (SSSR count). The number of hydrogen-bond acceptors (Lipinski definition) is 4. The minimum atomic E-state index is -3.21. The van der Waals surface area contributed by atoms with Crippen molar-refractivity contribution in [1.82, 2.24) is 0 Å². The van der Waals surface area contributed by atoms with Gasteiger partial charge in [-0.1, -0.05) is 23.7 Å². The average molecular weight is 302 g/mol. The van der Waals surface area contributed by atoms with E-state index in [9.17, 15) is 8.42 Å². The smallest absolute Gasteiger partial charge is 0.175 e. The Balaban J connectivity index is 2.40. The third-order valence-electron chi connectivity index (χ3n) is 2.55. The molecule has 0 aliphatic carbocycles. The van der Waals surface area contributed by atoms with E-state index in [0.717, 1.165) is 10.4 Å². The van der Waals surface area contributed by atoms with Gasteiger partial charge in [0.25, 0.3) is 0 Å². The third-order valence-corrected chi connectivity index (χ3v) is 4.97. The van der Waals surface area contributed by atoms with Crippen LogP contribution in [-0.2, 0) is 9.84 Å². The Kier molecular flexibility index (Phi) is 3.77. The highest BCUT2D eigenvalue weighted by Crippen LogP contribution is 2.30. The van der Waals surface area contributed by atoms with Crippen LogP contribution in [0.3, 0.4) is 0 Å². The first-order chi connectivity index (χ1) is 8.38. The number of thiophene rings is 1. The maximum absolute atomic E-state index is 11.5. The summed E-state index contributed by atoms with van der Waals surface area (Å²) in [6.45, 7) is 0. The topological polar surface area (TPSA) is 60.2 Å². The predicted molar refractivity (Wildman–Crippen MR) is 74.9 cm³/mol. The molecule has 0 amide bonds. The van der Waals surface area contributed by atoms with Crippen LogP contribution in [0.2, 0.25) is 4.34 Å². The van der Waals surface area contributed by atoms with Crippen molar-refractivity contribution in [1.29, 1.82) is 0 Å². The summed E-state index contributed by atoms with van der Waals surface area (Å²) < 4.78 is 23.6. The highest BCUT2D eigenvalue weighted by atomic mass is 35.5. The maximum Gasteiger partial charge on any atom is 0.175 e. The molecule has 1 heterocycles. The van der Waals surface area contributed by atoms with Gasteiger partial charge in [0.05, 0.1) is 15.3 Å². The minimum absolute atomic E-state index is 0.276. The Labute approximate surface area is 115 Å². The van der Waals surface area contributed by atoms with Gasteiger partial charge in [-0.25, -0.2) is 8.42 Å². The van der Waals surface area contributed by atoms with E-state index >= 15 is 0 Å². The van der Waals surface area contributed by atoms with Gasteiger partial charge in [-0.2, -0.15) is 0 Å². The quantitative estimate of drug-likeness (QED) is 0.948. The average Bonchev–Trinajstić information content (AvgIpc) is 2.74. The Morgan fingerprint density at radius 2 is 2.00 bits per heavy atom.